The van der Waals surface area contributed by atoms with E-state index in [1.807, 2.05) is 13.8 Å². The van der Waals surface area contributed by atoms with E-state index in [2.05, 4.69) is 15.6 Å². The molecule has 6 heteroatoms. The second kappa shape index (κ2) is 4.71. The van der Waals surface area contributed by atoms with E-state index in [0.717, 1.165) is 0 Å². The summed E-state index contributed by atoms with van der Waals surface area (Å²) in [5.41, 5.74) is 0. The van der Waals surface area contributed by atoms with Crippen LogP contribution in [0.2, 0.25) is 0 Å². The number of carbonyl (C=O) groups excluding carboxylic acids is 2. The van der Waals surface area contributed by atoms with Crippen molar-refractivity contribution in [2.24, 2.45) is 4.99 Å². The lowest BCUT2D eigenvalue weighted by Crippen LogP contribution is -2.26. The van der Waals surface area contributed by atoms with Crippen LogP contribution in [0.5, 0.6) is 0 Å². The lowest BCUT2D eigenvalue weighted by Gasteiger charge is -2.04. The third kappa shape index (κ3) is 3.14. The minimum atomic E-state index is -0.673. The zero-order valence-electron chi connectivity index (χ0n) is 8.16. The van der Waals surface area contributed by atoms with Crippen molar-refractivity contribution in [2.75, 3.05) is 13.2 Å². The Hall–Kier alpha value is -1.43. The first-order chi connectivity index (χ1) is 6.59. The second-order valence-electron chi connectivity index (χ2n) is 3.06. The standard InChI is InChI=1S/C8H13N3O3/c1-5(2)14-4-3-9-8-10-6(12)7(13)11-8/h5H,3-4H2,1-2H3,(H2,9,10,11,12,13). The summed E-state index contributed by atoms with van der Waals surface area (Å²) in [4.78, 5) is 25.3. The highest BCUT2D eigenvalue weighted by molar-refractivity contribution is 6.45. The molecule has 1 aliphatic rings. The molecule has 0 aromatic rings. The Bertz CT molecular complexity index is 255. The van der Waals surface area contributed by atoms with Gasteiger partial charge in [-0.05, 0) is 13.8 Å². The van der Waals surface area contributed by atoms with Crippen LogP contribution in [0.1, 0.15) is 13.8 Å². The Balaban J connectivity index is 2.26. The number of guanidine groups is 1. The van der Waals surface area contributed by atoms with E-state index in [0.29, 0.717) is 13.2 Å². The van der Waals surface area contributed by atoms with Gasteiger partial charge in [0.1, 0.15) is 0 Å². The number of nitrogens with one attached hydrogen (secondary N) is 2. The van der Waals surface area contributed by atoms with Crippen molar-refractivity contribution in [2.45, 2.75) is 20.0 Å². The number of rotatable bonds is 4. The average Bonchev–Trinajstić information content (AvgIpc) is 2.40. The summed E-state index contributed by atoms with van der Waals surface area (Å²) in [7, 11) is 0. The van der Waals surface area contributed by atoms with Gasteiger partial charge >= 0.3 is 11.8 Å². The summed E-state index contributed by atoms with van der Waals surface area (Å²) < 4.78 is 5.22. The van der Waals surface area contributed by atoms with Gasteiger partial charge in [-0.1, -0.05) is 0 Å². The van der Waals surface area contributed by atoms with E-state index in [-0.39, 0.29) is 12.1 Å². The molecule has 6 nitrogen and oxygen atoms in total. The van der Waals surface area contributed by atoms with Crippen LogP contribution in [0.25, 0.3) is 0 Å². The predicted octanol–water partition coefficient (Wildman–Crippen LogP) is -0.987. The van der Waals surface area contributed by atoms with E-state index >= 15 is 0 Å². The Kier molecular flexibility index (Phi) is 3.58. The molecule has 14 heavy (non-hydrogen) atoms. The fourth-order valence-electron chi connectivity index (χ4n) is 0.885. The van der Waals surface area contributed by atoms with Crippen molar-refractivity contribution in [3.63, 3.8) is 0 Å². The zero-order valence-corrected chi connectivity index (χ0v) is 8.16. The molecule has 0 atom stereocenters. The van der Waals surface area contributed by atoms with E-state index < -0.39 is 11.8 Å². The molecule has 0 spiro atoms. The summed E-state index contributed by atoms with van der Waals surface area (Å²) in [5, 5.41) is 4.57. The molecule has 0 unspecified atom stereocenters. The molecule has 1 fully saturated rings. The summed E-state index contributed by atoms with van der Waals surface area (Å²) in [6, 6.07) is 0. The van der Waals surface area contributed by atoms with Gasteiger partial charge in [0.05, 0.1) is 19.3 Å². The number of aliphatic imine (C=N–C) groups is 1. The third-order valence-corrected chi connectivity index (χ3v) is 1.48. The highest BCUT2D eigenvalue weighted by Crippen LogP contribution is 1.88. The van der Waals surface area contributed by atoms with E-state index in [9.17, 15) is 9.59 Å². The lowest BCUT2D eigenvalue weighted by atomic mass is 10.5. The number of ether oxygens (including phenoxy) is 1. The van der Waals surface area contributed by atoms with Crippen molar-refractivity contribution >= 4 is 17.8 Å². The summed E-state index contributed by atoms with van der Waals surface area (Å²) in [5.74, 6) is -1.14. The quantitative estimate of drug-likeness (QED) is 0.451. The van der Waals surface area contributed by atoms with Gasteiger partial charge in [-0.2, -0.15) is 0 Å². The molecule has 0 aromatic carbocycles. The van der Waals surface area contributed by atoms with Crippen molar-refractivity contribution < 1.29 is 14.3 Å². The second-order valence-corrected chi connectivity index (χ2v) is 3.06. The smallest absolute Gasteiger partial charge is 0.316 e. The van der Waals surface area contributed by atoms with Crippen LogP contribution in [0.15, 0.2) is 4.99 Å². The van der Waals surface area contributed by atoms with Crippen LogP contribution in [0, 0.1) is 0 Å². The molecule has 1 aliphatic heterocycles. The fourth-order valence-corrected chi connectivity index (χ4v) is 0.885. The van der Waals surface area contributed by atoms with Crippen LogP contribution >= 0.6 is 0 Å². The van der Waals surface area contributed by atoms with Crippen molar-refractivity contribution in [3.8, 4) is 0 Å². The summed E-state index contributed by atoms with van der Waals surface area (Å²) in [6.07, 6.45) is 0.156. The Morgan fingerprint density at radius 2 is 1.86 bits per heavy atom. The molecule has 0 bridgehead atoms. The topological polar surface area (TPSA) is 79.8 Å². The number of hydrogen-bond donors (Lipinski definition) is 2. The van der Waals surface area contributed by atoms with Gasteiger partial charge < -0.3 is 4.74 Å². The monoisotopic (exact) mass is 199 g/mol. The minimum absolute atomic E-state index is 0.156. The SMILES string of the molecule is CC(C)OCCN=C1NC(=O)C(=O)N1. The van der Waals surface area contributed by atoms with E-state index in [4.69, 9.17) is 4.74 Å². The van der Waals surface area contributed by atoms with E-state index in [1.165, 1.54) is 0 Å². The zero-order chi connectivity index (χ0) is 10.6. The van der Waals surface area contributed by atoms with Crippen molar-refractivity contribution in [3.05, 3.63) is 0 Å². The van der Waals surface area contributed by atoms with Crippen LogP contribution < -0.4 is 10.6 Å². The van der Waals surface area contributed by atoms with Crippen LogP contribution in [0.3, 0.4) is 0 Å². The molecular weight excluding hydrogens is 186 g/mol. The molecule has 1 saturated heterocycles. The number of hydrogen-bond acceptors (Lipinski definition) is 4. The summed E-state index contributed by atoms with van der Waals surface area (Å²) >= 11 is 0. The Labute approximate surface area is 81.7 Å². The summed E-state index contributed by atoms with van der Waals surface area (Å²) in [6.45, 7) is 4.72. The average molecular weight is 199 g/mol. The highest BCUT2D eigenvalue weighted by atomic mass is 16.5. The van der Waals surface area contributed by atoms with Crippen LogP contribution in [-0.2, 0) is 14.3 Å². The number of nitrogens with zero attached hydrogens (tertiary/aromatic N) is 1. The molecule has 78 valence electrons. The molecular formula is C8H13N3O3. The largest absolute Gasteiger partial charge is 0.377 e. The van der Waals surface area contributed by atoms with Crippen LogP contribution in [-0.4, -0.2) is 37.0 Å². The minimum Gasteiger partial charge on any atom is -0.377 e. The Morgan fingerprint density at radius 1 is 1.29 bits per heavy atom. The van der Waals surface area contributed by atoms with Gasteiger partial charge in [0, 0.05) is 0 Å². The maximum atomic E-state index is 10.7. The predicted molar refractivity (Wildman–Crippen MR) is 49.7 cm³/mol. The normalized spacial score (nSPS) is 15.8. The van der Waals surface area contributed by atoms with E-state index in [1.54, 1.807) is 0 Å². The first-order valence-electron chi connectivity index (χ1n) is 4.38. The van der Waals surface area contributed by atoms with Crippen molar-refractivity contribution in [1.82, 2.24) is 10.6 Å². The first kappa shape index (κ1) is 10.6. The lowest BCUT2D eigenvalue weighted by molar-refractivity contribution is -0.135. The molecule has 1 heterocycles. The van der Waals surface area contributed by atoms with Gasteiger partial charge in [-0.3, -0.25) is 25.2 Å². The molecule has 0 aromatic heterocycles. The number of amides is 2. The molecule has 2 amide bonds. The van der Waals surface area contributed by atoms with Crippen molar-refractivity contribution in [1.29, 1.82) is 0 Å². The maximum Gasteiger partial charge on any atom is 0.316 e. The number of carbonyl (C=O) groups is 2. The highest BCUT2D eigenvalue weighted by Gasteiger charge is 2.24. The maximum absolute atomic E-state index is 10.7. The molecule has 0 saturated carbocycles. The van der Waals surface area contributed by atoms with Gasteiger partial charge in [0.2, 0.25) is 5.96 Å². The van der Waals surface area contributed by atoms with Gasteiger partial charge in [-0.25, -0.2) is 0 Å². The van der Waals surface area contributed by atoms with Gasteiger partial charge in [-0.15, -0.1) is 0 Å². The van der Waals surface area contributed by atoms with Crippen LogP contribution in [0.4, 0.5) is 0 Å². The molecule has 0 aliphatic carbocycles. The first-order valence-corrected chi connectivity index (χ1v) is 4.38. The fraction of sp³-hybridized carbons (Fsp3) is 0.625. The van der Waals surface area contributed by atoms with Gasteiger partial charge in [0.15, 0.2) is 0 Å². The molecule has 2 N–H and O–H groups in total. The molecule has 1 rings (SSSR count). The third-order valence-electron chi connectivity index (χ3n) is 1.48. The van der Waals surface area contributed by atoms with Gasteiger partial charge in [0.25, 0.3) is 0 Å². The Morgan fingerprint density at radius 3 is 2.36 bits per heavy atom. The molecule has 0 radical (unpaired) electrons.